The van der Waals surface area contributed by atoms with Gasteiger partial charge in [-0.1, -0.05) is 0 Å². The minimum atomic E-state index is 0.213. The van der Waals surface area contributed by atoms with Crippen molar-refractivity contribution in [1.82, 2.24) is 9.97 Å². The predicted molar refractivity (Wildman–Crippen MR) is 65.2 cm³/mol. The Kier molecular flexibility index (Phi) is 3.09. The maximum Gasteiger partial charge on any atom is 0.218 e. The van der Waals surface area contributed by atoms with Gasteiger partial charge in [0.05, 0.1) is 7.11 Å². The van der Waals surface area contributed by atoms with Gasteiger partial charge in [0.2, 0.25) is 5.88 Å². The highest BCUT2D eigenvalue weighted by Gasteiger charge is 2.06. The molecule has 0 amide bonds. The van der Waals surface area contributed by atoms with Gasteiger partial charge in [0.15, 0.2) is 5.82 Å². The molecular weight excluding hydrogens is 218 g/mol. The van der Waals surface area contributed by atoms with Crippen LogP contribution in [-0.4, -0.2) is 29.2 Å². The van der Waals surface area contributed by atoms with Gasteiger partial charge in [-0.05, 0) is 24.3 Å². The van der Waals surface area contributed by atoms with Crippen molar-refractivity contribution in [1.29, 1.82) is 0 Å². The molecule has 5 heteroatoms. The average molecular weight is 231 g/mol. The molecule has 0 fully saturated rings. The maximum absolute atomic E-state index is 9.23. The normalized spacial score (nSPS) is 10.0. The number of hydrogen-bond donors (Lipinski definition) is 2. The van der Waals surface area contributed by atoms with Crippen LogP contribution in [0.3, 0.4) is 0 Å². The van der Waals surface area contributed by atoms with Crippen LogP contribution < -0.4 is 10.1 Å². The highest BCUT2D eigenvalue weighted by atomic mass is 16.5. The molecule has 0 radical (unpaired) electrons. The van der Waals surface area contributed by atoms with E-state index in [2.05, 4.69) is 15.3 Å². The maximum atomic E-state index is 9.23. The number of phenolic OH excluding ortho intramolecular Hbond substituents is 1. The van der Waals surface area contributed by atoms with Crippen molar-refractivity contribution >= 4 is 5.82 Å². The van der Waals surface area contributed by atoms with Crippen LogP contribution in [0.4, 0.5) is 5.82 Å². The molecule has 0 aliphatic heterocycles. The van der Waals surface area contributed by atoms with Crippen molar-refractivity contribution in [2.75, 3.05) is 19.5 Å². The number of ether oxygens (including phenoxy) is 1. The number of nitrogens with zero attached hydrogens (tertiary/aromatic N) is 2. The largest absolute Gasteiger partial charge is 0.508 e. The number of benzene rings is 1. The second kappa shape index (κ2) is 4.69. The molecule has 2 rings (SSSR count). The van der Waals surface area contributed by atoms with E-state index in [1.54, 1.807) is 44.5 Å². The number of phenols is 1. The van der Waals surface area contributed by atoms with Gasteiger partial charge in [-0.2, -0.15) is 4.98 Å². The topological polar surface area (TPSA) is 67.3 Å². The first-order valence-corrected chi connectivity index (χ1v) is 5.13. The molecule has 0 bridgehead atoms. The summed E-state index contributed by atoms with van der Waals surface area (Å²) >= 11 is 0. The van der Waals surface area contributed by atoms with E-state index in [9.17, 15) is 5.11 Å². The Morgan fingerprint density at radius 1 is 1.18 bits per heavy atom. The van der Waals surface area contributed by atoms with Crippen molar-refractivity contribution < 1.29 is 9.84 Å². The molecule has 1 heterocycles. The number of rotatable bonds is 3. The van der Waals surface area contributed by atoms with Crippen LogP contribution in [0.2, 0.25) is 0 Å². The number of anilines is 1. The highest BCUT2D eigenvalue weighted by molar-refractivity contribution is 5.59. The summed E-state index contributed by atoms with van der Waals surface area (Å²) in [6, 6.07) is 8.41. The zero-order chi connectivity index (χ0) is 12.3. The van der Waals surface area contributed by atoms with Crippen LogP contribution >= 0.6 is 0 Å². The summed E-state index contributed by atoms with van der Waals surface area (Å²) < 4.78 is 5.10. The molecule has 0 aliphatic rings. The molecule has 17 heavy (non-hydrogen) atoms. The summed E-state index contributed by atoms with van der Waals surface area (Å²) in [6.07, 6.45) is 0. The first-order valence-electron chi connectivity index (χ1n) is 5.13. The molecule has 0 saturated carbocycles. The molecule has 1 aromatic carbocycles. The van der Waals surface area contributed by atoms with Crippen molar-refractivity contribution in [2.24, 2.45) is 0 Å². The Hall–Kier alpha value is -2.30. The second-order valence-electron chi connectivity index (χ2n) is 3.42. The summed E-state index contributed by atoms with van der Waals surface area (Å²) in [6.45, 7) is 0. The Labute approximate surface area is 99.1 Å². The molecule has 1 aromatic heterocycles. The smallest absolute Gasteiger partial charge is 0.218 e. The fraction of sp³-hybridized carbons (Fsp3) is 0.167. The van der Waals surface area contributed by atoms with Gasteiger partial charge in [0.1, 0.15) is 11.6 Å². The summed E-state index contributed by atoms with van der Waals surface area (Å²) in [5.74, 6) is 1.94. The lowest BCUT2D eigenvalue weighted by Crippen LogP contribution is -1.99. The molecule has 0 spiro atoms. The number of methoxy groups -OCH3 is 1. The van der Waals surface area contributed by atoms with E-state index in [1.807, 2.05) is 0 Å². The predicted octanol–water partition coefficient (Wildman–Crippen LogP) is 1.90. The van der Waals surface area contributed by atoms with Gasteiger partial charge in [0.25, 0.3) is 0 Å². The number of hydrogen-bond acceptors (Lipinski definition) is 5. The molecule has 5 nitrogen and oxygen atoms in total. The third-order valence-corrected chi connectivity index (χ3v) is 2.29. The van der Waals surface area contributed by atoms with Crippen LogP contribution in [0.1, 0.15) is 0 Å². The fourth-order valence-corrected chi connectivity index (χ4v) is 1.40. The van der Waals surface area contributed by atoms with Gasteiger partial charge >= 0.3 is 0 Å². The third-order valence-electron chi connectivity index (χ3n) is 2.29. The standard InChI is InChI=1S/C12H13N3O2/c1-13-10-7-11(17-2)15-12(14-10)8-3-5-9(16)6-4-8/h3-7,16H,1-2H3,(H,13,14,15). The van der Waals surface area contributed by atoms with Gasteiger partial charge < -0.3 is 15.2 Å². The monoisotopic (exact) mass is 231 g/mol. The molecule has 0 aliphatic carbocycles. The van der Waals surface area contributed by atoms with Crippen molar-refractivity contribution in [3.05, 3.63) is 30.3 Å². The second-order valence-corrected chi connectivity index (χ2v) is 3.42. The average Bonchev–Trinajstić information content (AvgIpc) is 2.39. The van der Waals surface area contributed by atoms with Gasteiger partial charge in [0, 0.05) is 18.7 Å². The van der Waals surface area contributed by atoms with Gasteiger partial charge in [-0.25, -0.2) is 4.98 Å². The lowest BCUT2D eigenvalue weighted by Gasteiger charge is -2.06. The van der Waals surface area contributed by atoms with E-state index >= 15 is 0 Å². The molecule has 2 aromatic rings. The van der Waals surface area contributed by atoms with Crippen molar-refractivity contribution in [3.8, 4) is 23.0 Å². The number of nitrogens with one attached hydrogen (secondary N) is 1. The van der Waals surface area contributed by atoms with Crippen LogP contribution in [0.5, 0.6) is 11.6 Å². The summed E-state index contributed by atoms with van der Waals surface area (Å²) in [5, 5.41) is 12.2. The van der Waals surface area contributed by atoms with Crippen LogP contribution in [0, 0.1) is 0 Å². The zero-order valence-electron chi connectivity index (χ0n) is 9.64. The molecule has 2 N–H and O–H groups in total. The first kappa shape index (κ1) is 11.2. The van der Waals surface area contributed by atoms with Crippen LogP contribution in [0.15, 0.2) is 30.3 Å². The minimum Gasteiger partial charge on any atom is -0.508 e. The van der Waals surface area contributed by atoms with Gasteiger partial charge in [-0.3, -0.25) is 0 Å². The molecule has 0 saturated heterocycles. The molecule has 88 valence electrons. The minimum absolute atomic E-state index is 0.213. The Morgan fingerprint density at radius 2 is 1.88 bits per heavy atom. The Balaban J connectivity index is 2.46. The highest BCUT2D eigenvalue weighted by Crippen LogP contribution is 2.22. The van der Waals surface area contributed by atoms with E-state index in [1.165, 1.54) is 0 Å². The number of aromatic hydroxyl groups is 1. The lowest BCUT2D eigenvalue weighted by atomic mass is 10.2. The Bertz CT molecular complexity index is 489. The van der Waals surface area contributed by atoms with Crippen molar-refractivity contribution in [3.63, 3.8) is 0 Å². The first-order chi connectivity index (χ1) is 8.22. The van der Waals surface area contributed by atoms with Crippen molar-refractivity contribution in [2.45, 2.75) is 0 Å². The van der Waals surface area contributed by atoms with Crippen LogP contribution in [0.25, 0.3) is 11.4 Å². The lowest BCUT2D eigenvalue weighted by molar-refractivity contribution is 0.398. The summed E-state index contributed by atoms with van der Waals surface area (Å²) in [4.78, 5) is 8.56. The fourth-order valence-electron chi connectivity index (χ4n) is 1.40. The molecule has 0 unspecified atom stereocenters. The summed E-state index contributed by atoms with van der Waals surface area (Å²) in [7, 11) is 3.34. The van der Waals surface area contributed by atoms with E-state index in [-0.39, 0.29) is 5.75 Å². The SMILES string of the molecule is CNc1cc(OC)nc(-c2ccc(O)cc2)n1. The van der Waals surface area contributed by atoms with E-state index < -0.39 is 0 Å². The summed E-state index contributed by atoms with van der Waals surface area (Å²) in [5.41, 5.74) is 0.818. The van der Waals surface area contributed by atoms with E-state index in [0.29, 0.717) is 17.5 Å². The Morgan fingerprint density at radius 3 is 2.47 bits per heavy atom. The third kappa shape index (κ3) is 2.44. The number of aromatic nitrogens is 2. The van der Waals surface area contributed by atoms with E-state index in [0.717, 1.165) is 5.56 Å². The van der Waals surface area contributed by atoms with Crippen LogP contribution in [-0.2, 0) is 0 Å². The van der Waals surface area contributed by atoms with E-state index in [4.69, 9.17) is 4.74 Å². The molecule has 0 atom stereocenters. The zero-order valence-corrected chi connectivity index (χ0v) is 9.64. The quantitative estimate of drug-likeness (QED) is 0.844. The van der Waals surface area contributed by atoms with Gasteiger partial charge in [-0.15, -0.1) is 0 Å². The molecular formula is C12H13N3O2.